The zero-order chi connectivity index (χ0) is 11.4. The van der Waals surface area contributed by atoms with E-state index in [1.54, 1.807) is 12.1 Å². The molecule has 0 aliphatic rings. The monoisotopic (exact) mass is 272 g/mol. The number of carbonyl (C=O) groups is 1. The Morgan fingerprint density at radius 1 is 1.67 bits per heavy atom. The van der Waals surface area contributed by atoms with Crippen LogP contribution in [0, 0.1) is 6.92 Å². The van der Waals surface area contributed by atoms with Crippen molar-refractivity contribution >= 4 is 27.5 Å². The van der Waals surface area contributed by atoms with Gasteiger partial charge in [-0.05, 0) is 24.6 Å². The van der Waals surface area contributed by atoms with Crippen molar-refractivity contribution in [1.82, 2.24) is 0 Å². The van der Waals surface area contributed by atoms with Crippen molar-refractivity contribution in [1.29, 1.82) is 0 Å². The van der Waals surface area contributed by atoms with Crippen LogP contribution in [0.1, 0.15) is 5.56 Å². The van der Waals surface area contributed by atoms with Crippen molar-refractivity contribution in [2.24, 2.45) is 5.73 Å². The zero-order valence-electron chi connectivity index (χ0n) is 8.33. The summed E-state index contributed by atoms with van der Waals surface area (Å²) in [4.78, 5) is 11.3. The van der Waals surface area contributed by atoms with Crippen molar-refractivity contribution in [3.63, 3.8) is 0 Å². The summed E-state index contributed by atoms with van der Waals surface area (Å²) < 4.78 is 0.905. The van der Waals surface area contributed by atoms with Crippen molar-refractivity contribution < 1.29 is 9.90 Å². The molecule has 0 bridgehead atoms. The van der Waals surface area contributed by atoms with Crippen LogP contribution in [0.2, 0.25) is 0 Å². The molecule has 4 N–H and O–H groups in total. The fourth-order valence-corrected chi connectivity index (χ4v) is 1.38. The van der Waals surface area contributed by atoms with Gasteiger partial charge >= 0.3 is 0 Å². The van der Waals surface area contributed by atoms with Gasteiger partial charge in [0, 0.05) is 16.7 Å². The van der Waals surface area contributed by atoms with Gasteiger partial charge in [-0.1, -0.05) is 22.0 Å². The number of benzene rings is 1. The molecule has 1 unspecified atom stereocenters. The van der Waals surface area contributed by atoms with Crippen LogP contribution >= 0.6 is 15.9 Å². The van der Waals surface area contributed by atoms with Crippen LogP contribution in [-0.4, -0.2) is 23.7 Å². The molecule has 0 aromatic heterocycles. The first-order chi connectivity index (χ1) is 7.04. The van der Waals surface area contributed by atoms with Crippen molar-refractivity contribution in [2.45, 2.75) is 13.0 Å². The molecule has 0 radical (unpaired) electrons. The van der Waals surface area contributed by atoms with E-state index < -0.39 is 12.0 Å². The van der Waals surface area contributed by atoms with Crippen LogP contribution in [0.25, 0.3) is 0 Å². The molecule has 1 rings (SSSR count). The highest BCUT2D eigenvalue weighted by molar-refractivity contribution is 9.10. The molecule has 1 aromatic carbocycles. The number of amides is 1. The third kappa shape index (κ3) is 3.30. The maximum atomic E-state index is 11.3. The maximum Gasteiger partial charge on any atom is 0.254 e. The van der Waals surface area contributed by atoms with E-state index in [0.717, 1.165) is 10.0 Å². The Labute approximate surface area is 96.6 Å². The largest absolute Gasteiger partial charge is 0.382 e. The number of anilines is 1. The minimum atomic E-state index is -1.16. The van der Waals surface area contributed by atoms with E-state index in [-0.39, 0.29) is 6.54 Å². The second kappa shape index (κ2) is 5.25. The quantitative estimate of drug-likeness (QED) is 0.769. The van der Waals surface area contributed by atoms with Gasteiger partial charge in [0.1, 0.15) is 6.10 Å². The first-order valence-electron chi connectivity index (χ1n) is 4.49. The van der Waals surface area contributed by atoms with Gasteiger partial charge in [-0.3, -0.25) is 4.79 Å². The Bertz CT molecular complexity index is 368. The van der Waals surface area contributed by atoms with E-state index in [4.69, 9.17) is 10.8 Å². The molecular formula is C10H13BrN2O2. The molecule has 0 aliphatic carbocycles. The molecule has 15 heavy (non-hydrogen) atoms. The average molecular weight is 273 g/mol. The SMILES string of the molecule is Cc1ccc(NC(=O)C(O)CN)cc1Br. The number of halogens is 1. The summed E-state index contributed by atoms with van der Waals surface area (Å²) in [5, 5.41) is 11.7. The topological polar surface area (TPSA) is 75.3 Å². The van der Waals surface area contributed by atoms with Crippen LogP contribution in [0.3, 0.4) is 0 Å². The summed E-state index contributed by atoms with van der Waals surface area (Å²) in [5.74, 6) is -0.492. The Kier molecular flexibility index (Phi) is 4.26. The molecule has 4 nitrogen and oxygen atoms in total. The summed E-state index contributed by atoms with van der Waals surface area (Å²) in [6, 6.07) is 5.41. The van der Waals surface area contributed by atoms with Gasteiger partial charge in [0.15, 0.2) is 0 Å². The summed E-state index contributed by atoms with van der Waals surface area (Å²) in [6.45, 7) is 1.86. The number of hydrogen-bond acceptors (Lipinski definition) is 3. The number of aliphatic hydroxyl groups is 1. The van der Waals surface area contributed by atoms with E-state index in [0.29, 0.717) is 5.69 Å². The molecule has 0 saturated carbocycles. The lowest BCUT2D eigenvalue weighted by Gasteiger charge is -2.10. The minimum absolute atomic E-state index is 0.0845. The third-order valence-electron chi connectivity index (χ3n) is 1.97. The normalized spacial score (nSPS) is 12.3. The molecule has 0 saturated heterocycles. The summed E-state index contributed by atoms with van der Waals surface area (Å²) in [5.41, 5.74) is 6.87. The van der Waals surface area contributed by atoms with E-state index in [1.165, 1.54) is 0 Å². The zero-order valence-corrected chi connectivity index (χ0v) is 9.91. The van der Waals surface area contributed by atoms with Crippen LogP contribution in [0.5, 0.6) is 0 Å². The van der Waals surface area contributed by atoms with E-state index in [1.807, 2.05) is 13.0 Å². The number of aryl methyl sites for hydroxylation is 1. The molecule has 0 aliphatic heterocycles. The van der Waals surface area contributed by atoms with Gasteiger partial charge in [-0.25, -0.2) is 0 Å². The molecule has 82 valence electrons. The van der Waals surface area contributed by atoms with E-state index in [9.17, 15) is 4.79 Å². The lowest BCUT2D eigenvalue weighted by molar-refractivity contribution is -0.123. The highest BCUT2D eigenvalue weighted by Crippen LogP contribution is 2.20. The number of nitrogens with two attached hydrogens (primary N) is 1. The number of nitrogens with one attached hydrogen (secondary N) is 1. The first-order valence-corrected chi connectivity index (χ1v) is 5.29. The highest BCUT2D eigenvalue weighted by atomic mass is 79.9. The first kappa shape index (κ1) is 12.2. The molecule has 0 heterocycles. The number of carbonyl (C=O) groups excluding carboxylic acids is 1. The predicted molar refractivity (Wildman–Crippen MR) is 62.6 cm³/mol. The van der Waals surface area contributed by atoms with Crippen molar-refractivity contribution in [3.8, 4) is 0 Å². The Morgan fingerprint density at radius 2 is 2.33 bits per heavy atom. The standard InChI is InChI=1S/C10H13BrN2O2/c1-6-2-3-7(4-8(6)11)13-10(15)9(14)5-12/h2-4,9,14H,5,12H2,1H3,(H,13,15). The number of rotatable bonds is 3. The molecule has 0 fully saturated rings. The van der Waals surface area contributed by atoms with Gasteiger partial charge in [-0.15, -0.1) is 0 Å². The van der Waals surface area contributed by atoms with Gasteiger partial charge in [-0.2, -0.15) is 0 Å². The van der Waals surface area contributed by atoms with Crippen LogP contribution in [0.4, 0.5) is 5.69 Å². The minimum Gasteiger partial charge on any atom is -0.382 e. The molecule has 5 heteroatoms. The smallest absolute Gasteiger partial charge is 0.254 e. The Morgan fingerprint density at radius 3 is 2.87 bits per heavy atom. The second-order valence-corrected chi connectivity index (χ2v) is 4.06. The van der Waals surface area contributed by atoms with Gasteiger partial charge < -0.3 is 16.2 Å². The lowest BCUT2D eigenvalue weighted by Crippen LogP contribution is -2.34. The second-order valence-electron chi connectivity index (χ2n) is 3.20. The van der Waals surface area contributed by atoms with Gasteiger partial charge in [0.2, 0.25) is 0 Å². The van der Waals surface area contributed by atoms with Crippen molar-refractivity contribution in [3.05, 3.63) is 28.2 Å². The van der Waals surface area contributed by atoms with Crippen LogP contribution < -0.4 is 11.1 Å². The Balaban J connectivity index is 2.73. The Hall–Kier alpha value is -0.910. The fraction of sp³-hybridized carbons (Fsp3) is 0.300. The predicted octanol–water partition coefficient (Wildman–Crippen LogP) is 1.02. The van der Waals surface area contributed by atoms with Gasteiger partial charge in [0.05, 0.1) is 0 Å². The van der Waals surface area contributed by atoms with Gasteiger partial charge in [0.25, 0.3) is 5.91 Å². The van der Waals surface area contributed by atoms with E-state index >= 15 is 0 Å². The third-order valence-corrected chi connectivity index (χ3v) is 2.82. The van der Waals surface area contributed by atoms with Crippen LogP contribution in [-0.2, 0) is 4.79 Å². The van der Waals surface area contributed by atoms with Crippen LogP contribution in [0.15, 0.2) is 22.7 Å². The molecular weight excluding hydrogens is 260 g/mol. The summed E-state index contributed by atoms with van der Waals surface area (Å²) >= 11 is 3.35. The maximum absolute atomic E-state index is 11.3. The summed E-state index contributed by atoms with van der Waals surface area (Å²) in [7, 11) is 0. The molecule has 1 aromatic rings. The molecule has 1 atom stereocenters. The molecule has 0 spiro atoms. The average Bonchev–Trinajstić information content (AvgIpc) is 2.22. The fourth-order valence-electron chi connectivity index (χ4n) is 1.00. The summed E-state index contributed by atoms with van der Waals surface area (Å²) in [6.07, 6.45) is -1.16. The number of aliphatic hydroxyl groups excluding tert-OH is 1. The van der Waals surface area contributed by atoms with Crippen molar-refractivity contribution in [2.75, 3.05) is 11.9 Å². The van der Waals surface area contributed by atoms with E-state index in [2.05, 4.69) is 21.2 Å². The molecule has 1 amide bonds. The highest BCUT2D eigenvalue weighted by Gasteiger charge is 2.12. The number of hydrogen-bond donors (Lipinski definition) is 3. The lowest BCUT2D eigenvalue weighted by atomic mass is 10.2.